The van der Waals surface area contributed by atoms with Crippen molar-refractivity contribution in [3.63, 3.8) is 0 Å². The molecular weight excluding hydrogens is 358 g/mol. The minimum Gasteiger partial charge on any atom is -0.451 e. The molecule has 0 atom stereocenters. The highest BCUT2D eigenvalue weighted by molar-refractivity contribution is 7.99. The molecule has 1 saturated heterocycles. The number of benzene rings is 1. The maximum absolute atomic E-state index is 13.0. The van der Waals surface area contributed by atoms with Crippen molar-refractivity contribution in [2.45, 2.75) is 43.1 Å². The van der Waals surface area contributed by atoms with Gasteiger partial charge >= 0.3 is 5.91 Å². The molecule has 2 fully saturated rings. The van der Waals surface area contributed by atoms with Crippen molar-refractivity contribution in [3.05, 3.63) is 35.6 Å². The van der Waals surface area contributed by atoms with Crippen LogP contribution in [0.4, 0.5) is 0 Å². The van der Waals surface area contributed by atoms with Crippen molar-refractivity contribution in [1.82, 2.24) is 15.3 Å². The second-order valence-corrected chi connectivity index (χ2v) is 9.00. The van der Waals surface area contributed by atoms with Crippen molar-refractivity contribution in [3.8, 4) is 0 Å². The van der Waals surface area contributed by atoms with Gasteiger partial charge in [-0.2, -0.15) is 11.8 Å². The SMILES string of the molecule is CN1CCN(NC(=O)c2oc3ccccc3c2CSC2CCCCC2)CC1. The van der Waals surface area contributed by atoms with Crippen molar-refractivity contribution in [1.29, 1.82) is 0 Å². The molecule has 2 aliphatic rings. The number of hydrazine groups is 1. The lowest BCUT2D eigenvalue weighted by molar-refractivity contribution is 0.0638. The summed E-state index contributed by atoms with van der Waals surface area (Å²) in [5.74, 6) is 1.21. The third-order valence-corrected chi connectivity index (χ3v) is 7.08. The maximum atomic E-state index is 13.0. The van der Waals surface area contributed by atoms with E-state index in [4.69, 9.17) is 4.42 Å². The quantitative estimate of drug-likeness (QED) is 0.843. The summed E-state index contributed by atoms with van der Waals surface area (Å²) in [5.41, 5.74) is 4.91. The number of likely N-dealkylation sites (N-methyl/N-ethyl adjacent to an activating group) is 1. The van der Waals surface area contributed by atoms with Gasteiger partial charge in [0.15, 0.2) is 5.76 Å². The molecule has 6 heteroatoms. The number of carbonyl (C=O) groups is 1. The first-order valence-electron chi connectivity index (χ1n) is 10.1. The van der Waals surface area contributed by atoms with E-state index in [9.17, 15) is 4.79 Å². The van der Waals surface area contributed by atoms with Crippen LogP contribution in [0.2, 0.25) is 0 Å². The highest BCUT2D eigenvalue weighted by Gasteiger charge is 2.24. The lowest BCUT2D eigenvalue weighted by Crippen LogP contribution is -2.52. The molecule has 0 radical (unpaired) electrons. The predicted molar refractivity (Wildman–Crippen MR) is 111 cm³/mol. The van der Waals surface area contributed by atoms with Crippen LogP contribution in [0.25, 0.3) is 11.0 Å². The molecule has 1 aromatic carbocycles. The molecule has 5 nitrogen and oxygen atoms in total. The van der Waals surface area contributed by atoms with E-state index in [-0.39, 0.29) is 5.91 Å². The monoisotopic (exact) mass is 387 g/mol. The summed E-state index contributed by atoms with van der Waals surface area (Å²) in [5, 5.41) is 3.79. The van der Waals surface area contributed by atoms with Crippen LogP contribution < -0.4 is 5.43 Å². The van der Waals surface area contributed by atoms with Crippen molar-refractivity contribution in [2.75, 3.05) is 33.2 Å². The van der Waals surface area contributed by atoms with E-state index >= 15 is 0 Å². The van der Waals surface area contributed by atoms with Gasteiger partial charge < -0.3 is 9.32 Å². The van der Waals surface area contributed by atoms with Crippen LogP contribution in [-0.4, -0.2) is 54.3 Å². The van der Waals surface area contributed by atoms with Gasteiger partial charge in [-0.3, -0.25) is 10.2 Å². The number of thioether (sulfide) groups is 1. The largest absolute Gasteiger partial charge is 0.451 e. The first kappa shape index (κ1) is 18.8. The van der Waals surface area contributed by atoms with Crippen LogP contribution in [-0.2, 0) is 5.75 Å². The number of nitrogens with zero attached hydrogens (tertiary/aromatic N) is 2. The van der Waals surface area contributed by atoms with E-state index in [1.165, 1.54) is 32.1 Å². The Bertz CT molecular complexity index is 777. The van der Waals surface area contributed by atoms with Crippen LogP contribution in [0.5, 0.6) is 0 Å². The zero-order chi connectivity index (χ0) is 18.6. The van der Waals surface area contributed by atoms with Crippen LogP contribution in [0.15, 0.2) is 28.7 Å². The third kappa shape index (κ3) is 4.50. The number of amides is 1. The van der Waals surface area contributed by atoms with Gasteiger partial charge in [-0.1, -0.05) is 37.5 Å². The zero-order valence-corrected chi connectivity index (χ0v) is 16.9. The second-order valence-electron chi connectivity index (χ2n) is 7.71. The molecule has 4 rings (SSSR count). The van der Waals surface area contributed by atoms with Gasteiger partial charge in [0.1, 0.15) is 5.58 Å². The Hall–Kier alpha value is -1.50. The minimum absolute atomic E-state index is 0.116. The molecule has 2 aromatic rings. The number of hydrogen-bond donors (Lipinski definition) is 1. The Labute approximate surface area is 165 Å². The number of para-hydroxylation sites is 1. The fourth-order valence-corrected chi connectivity index (χ4v) is 5.33. The lowest BCUT2D eigenvalue weighted by Gasteiger charge is -2.32. The van der Waals surface area contributed by atoms with Gasteiger partial charge in [0.25, 0.3) is 0 Å². The van der Waals surface area contributed by atoms with E-state index in [1.54, 1.807) is 0 Å². The molecule has 0 unspecified atom stereocenters. The molecule has 0 bridgehead atoms. The van der Waals surface area contributed by atoms with E-state index in [0.717, 1.165) is 48.5 Å². The first-order valence-corrected chi connectivity index (χ1v) is 11.1. The van der Waals surface area contributed by atoms with Crippen molar-refractivity contribution in [2.24, 2.45) is 0 Å². The summed E-state index contributed by atoms with van der Waals surface area (Å²) in [7, 11) is 2.11. The van der Waals surface area contributed by atoms with Crippen LogP contribution in [0.1, 0.15) is 48.2 Å². The highest BCUT2D eigenvalue weighted by atomic mass is 32.2. The predicted octanol–water partition coefficient (Wildman–Crippen LogP) is 3.89. The number of nitrogens with one attached hydrogen (secondary N) is 1. The van der Waals surface area contributed by atoms with E-state index in [0.29, 0.717) is 11.0 Å². The van der Waals surface area contributed by atoms with Gasteiger partial charge in [0, 0.05) is 48.1 Å². The number of piperazine rings is 1. The second kappa shape index (κ2) is 8.67. The Balaban J connectivity index is 1.51. The molecule has 1 aliphatic heterocycles. The summed E-state index contributed by atoms with van der Waals surface area (Å²) in [6.07, 6.45) is 6.62. The Morgan fingerprint density at radius 1 is 1.15 bits per heavy atom. The fraction of sp³-hybridized carbons (Fsp3) is 0.571. The average Bonchev–Trinajstić information content (AvgIpc) is 3.08. The minimum atomic E-state index is -0.116. The van der Waals surface area contributed by atoms with Crippen LogP contribution >= 0.6 is 11.8 Å². The molecule has 1 N–H and O–H groups in total. The topological polar surface area (TPSA) is 48.7 Å². The summed E-state index contributed by atoms with van der Waals surface area (Å²) >= 11 is 1.99. The number of hydrogen-bond acceptors (Lipinski definition) is 5. The smallest absolute Gasteiger partial charge is 0.301 e. The maximum Gasteiger partial charge on any atom is 0.301 e. The summed E-state index contributed by atoms with van der Waals surface area (Å²) in [6, 6.07) is 8.01. The molecule has 1 aromatic heterocycles. The number of carbonyl (C=O) groups excluding carboxylic acids is 1. The molecule has 0 spiro atoms. The standard InChI is InChI=1S/C21H29N3O2S/c1-23-11-13-24(14-12-23)22-21(25)20-18(15-27-16-7-3-2-4-8-16)17-9-5-6-10-19(17)26-20/h5-6,9-10,16H,2-4,7-8,11-15H2,1H3,(H,22,25). The Kier molecular flexibility index (Phi) is 6.05. The molecule has 1 aliphatic carbocycles. The van der Waals surface area contributed by atoms with Gasteiger partial charge in [-0.15, -0.1) is 0 Å². The summed E-state index contributed by atoms with van der Waals surface area (Å²) in [4.78, 5) is 15.2. The molecule has 146 valence electrons. The van der Waals surface area contributed by atoms with E-state index in [2.05, 4.69) is 23.4 Å². The zero-order valence-electron chi connectivity index (χ0n) is 16.1. The Morgan fingerprint density at radius 2 is 1.89 bits per heavy atom. The van der Waals surface area contributed by atoms with Crippen LogP contribution in [0, 0.1) is 0 Å². The molecule has 1 saturated carbocycles. The number of rotatable bonds is 5. The first-order chi connectivity index (χ1) is 13.2. The molecular formula is C21H29N3O2S. The van der Waals surface area contributed by atoms with Gasteiger partial charge in [-0.05, 0) is 26.0 Å². The molecule has 1 amide bonds. The summed E-state index contributed by atoms with van der Waals surface area (Å²) < 4.78 is 6.00. The normalized spacial score (nSPS) is 20.2. The van der Waals surface area contributed by atoms with E-state index in [1.807, 2.05) is 35.0 Å². The molecule has 27 heavy (non-hydrogen) atoms. The van der Waals surface area contributed by atoms with Crippen molar-refractivity contribution < 1.29 is 9.21 Å². The van der Waals surface area contributed by atoms with Gasteiger partial charge in [-0.25, -0.2) is 5.01 Å². The summed E-state index contributed by atoms with van der Waals surface area (Å²) in [6.45, 7) is 3.61. The number of furan rings is 1. The van der Waals surface area contributed by atoms with Crippen LogP contribution in [0.3, 0.4) is 0 Å². The van der Waals surface area contributed by atoms with E-state index < -0.39 is 0 Å². The van der Waals surface area contributed by atoms with Gasteiger partial charge in [0.05, 0.1) is 0 Å². The molecule has 2 heterocycles. The fourth-order valence-electron chi connectivity index (χ4n) is 3.97. The van der Waals surface area contributed by atoms with Gasteiger partial charge in [0.2, 0.25) is 0 Å². The lowest BCUT2D eigenvalue weighted by atomic mass is 10.0. The Morgan fingerprint density at radius 3 is 2.67 bits per heavy atom. The van der Waals surface area contributed by atoms with Crippen molar-refractivity contribution >= 4 is 28.6 Å². The average molecular weight is 388 g/mol. The number of fused-ring (bicyclic) bond motifs is 1. The third-order valence-electron chi connectivity index (χ3n) is 5.68. The highest BCUT2D eigenvalue weighted by Crippen LogP contribution is 2.35.